The molecule has 7 heteroatoms. The number of benzene rings is 2. The van der Waals surface area contributed by atoms with Crippen LogP contribution in [-0.2, 0) is 4.74 Å². The summed E-state index contributed by atoms with van der Waals surface area (Å²) in [6.45, 7) is 8.81. The van der Waals surface area contributed by atoms with Crippen LogP contribution in [-0.4, -0.2) is 54.2 Å². The van der Waals surface area contributed by atoms with Gasteiger partial charge in [-0.3, -0.25) is 9.78 Å². The van der Waals surface area contributed by atoms with Crippen molar-refractivity contribution < 1.29 is 18.7 Å². The lowest BCUT2D eigenvalue weighted by atomic mass is 9.59. The summed E-state index contributed by atoms with van der Waals surface area (Å²) in [5.74, 6) is 0.114. The molecular weight excluding hydrogens is 517 g/mol. The Balaban J connectivity index is 1.12. The average Bonchev–Trinajstić information content (AvgIpc) is 2.90. The third-order valence-corrected chi connectivity index (χ3v) is 8.54. The fourth-order valence-corrected chi connectivity index (χ4v) is 6.74. The van der Waals surface area contributed by atoms with Crippen molar-refractivity contribution in [3.8, 4) is 5.75 Å². The summed E-state index contributed by atoms with van der Waals surface area (Å²) in [7, 11) is 2.17. The SMILES string of the molecule is C[C@@H](NC(=O)c1cncc(OCC2CC(C)(C)O2)c1)c1ccc(C(=C2CC3(C2)CN(C)C3)c2ccc(F)cc2)cc1. The van der Waals surface area contributed by atoms with Crippen LogP contribution in [0.1, 0.15) is 73.1 Å². The summed E-state index contributed by atoms with van der Waals surface area (Å²) >= 11 is 0. The molecule has 1 N–H and O–H groups in total. The molecule has 0 radical (unpaired) electrons. The molecule has 3 fully saturated rings. The highest BCUT2D eigenvalue weighted by Crippen LogP contribution is 2.54. The number of aromatic nitrogens is 1. The highest BCUT2D eigenvalue weighted by atomic mass is 19.1. The zero-order valence-electron chi connectivity index (χ0n) is 24.2. The normalized spacial score (nSPS) is 21.3. The Kier molecular flexibility index (Phi) is 7.20. The Bertz CT molecular complexity index is 1440. The molecule has 6 rings (SSSR count). The highest BCUT2D eigenvalue weighted by Gasteiger charge is 2.49. The van der Waals surface area contributed by atoms with E-state index in [1.54, 1.807) is 18.5 Å². The molecule has 3 aromatic rings. The van der Waals surface area contributed by atoms with Crippen molar-refractivity contribution in [2.75, 3.05) is 26.7 Å². The van der Waals surface area contributed by atoms with Crippen molar-refractivity contribution in [2.24, 2.45) is 5.41 Å². The lowest BCUT2D eigenvalue weighted by Gasteiger charge is -2.56. The standard InChI is InChI=1S/C34H38FN3O3/c1-22(37-32(39)26-13-29(18-36-17-26)40-19-30-16-33(2,3)41-30)23-5-7-24(8-6-23)31(25-9-11-28(35)12-10-25)27-14-34(15-27)20-38(4)21-34/h5-13,17-18,22,30H,14-16,19-21H2,1-4H3,(H,37,39)/t22-,30?/m1/s1. The van der Waals surface area contributed by atoms with Gasteiger partial charge in [0.1, 0.15) is 18.2 Å². The minimum atomic E-state index is -0.229. The van der Waals surface area contributed by atoms with Crippen molar-refractivity contribution in [1.82, 2.24) is 15.2 Å². The van der Waals surface area contributed by atoms with E-state index in [1.165, 1.54) is 23.3 Å². The monoisotopic (exact) mass is 555 g/mol. The van der Waals surface area contributed by atoms with Crippen molar-refractivity contribution in [3.63, 3.8) is 0 Å². The second kappa shape index (κ2) is 10.7. The maximum absolute atomic E-state index is 13.7. The molecule has 1 unspecified atom stereocenters. The summed E-state index contributed by atoms with van der Waals surface area (Å²) in [4.78, 5) is 19.6. The van der Waals surface area contributed by atoms with Gasteiger partial charge in [-0.15, -0.1) is 0 Å². The molecule has 6 nitrogen and oxygen atoms in total. The van der Waals surface area contributed by atoms with E-state index in [0.717, 1.165) is 49.0 Å². The first-order chi connectivity index (χ1) is 19.6. The van der Waals surface area contributed by atoms with Crippen molar-refractivity contribution >= 4 is 11.5 Å². The van der Waals surface area contributed by atoms with Gasteiger partial charge in [0.2, 0.25) is 0 Å². The van der Waals surface area contributed by atoms with Gasteiger partial charge < -0.3 is 19.7 Å². The Morgan fingerprint density at radius 1 is 1.07 bits per heavy atom. The Hall–Kier alpha value is -3.55. The summed E-state index contributed by atoms with van der Waals surface area (Å²) in [6, 6.07) is 16.7. The largest absolute Gasteiger partial charge is 0.489 e. The summed E-state index contributed by atoms with van der Waals surface area (Å²) < 4.78 is 25.3. The van der Waals surface area contributed by atoms with Gasteiger partial charge >= 0.3 is 0 Å². The molecule has 1 saturated carbocycles. The smallest absolute Gasteiger partial charge is 0.253 e. The third kappa shape index (κ3) is 5.92. The lowest BCUT2D eigenvalue weighted by molar-refractivity contribution is -0.194. The second-order valence-electron chi connectivity index (χ2n) is 12.8. The summed E-state index contributed by atoms with van der Waals surface area (Å²) in [5, 5.41) is 3.08. The van der Waals surface area contributed by atoms with Gasteiger partial charge in [0, 0.05) is 31.1 Å². The quantitative estimate of drug-likeness (QED) is 0.359. The van der Waals surface area contributed by atoms with Crippen LogP contribution >= 0.6 is 0 Å². The number of halogens is 1. The van der Waals surface area contributed by atoms with Crippen LogP contribution in [0.4, 0.5) is 4.39 Å². The van der Waals surface area contributed by atoms with Crippen LogP contribution in [0, 0.1) is 11.2 Å². The number of nitrogens with one attached hydrogen (secondary N) is 1. The molecule has 3 aliphatic rings. The molecule has 0 bridgehead atoms. The van der Waals surface area contributed by atoms with Gasteiger partial charge in [-0.2, -0.15) is 0 Å². The number of pyridine rings is 1. The van der Waals surface area contributed by atoms with Gasteiger partial charge in [-0.05, 0) is 81.1 Å². The van der Waals surface area contributed by atoms with E-state index in [2.05, 4.69) is 60.4 Å². The maximum Gasteiger partial charge on any atom is 0.253 e. The minimum absolute atomic E-state index is 0.0648. The number of carbonyl (C=O) groups excluding carboxylic acids is 1. The van der Waals surface area contributed by atoms with Crippen molar-refractivity contribution in [2.45, 2.75) is 57.8 Å². The molecule has 1 amide bonds. The fourth-order valence-electron chi connectivity index (χ4n) is 6.74. The molecular formula is C34H38FN3O3. The van der Waals surface area contributed by atoms with E-state index in [1.807, 2.05) is 19.1 Å². The molecule has 2 aliphatic heterocycles. The predicted octanol–water partition coefficient (Wildman–Crippen LogP) is 6.19. The highest BCUT2D eigenvalue weighted by molar-refractivity contribution is 5.94. The summed E-state index contributed by atoms with van der Waals surface area (Å²) in [5.41, 5.74) is 6.56. The molecule has 41 heavy (non-hydrogen) atoms. The number of nitrogens with zero attached hydrogens (tertiary/aromatic N) is 2. The zero-order valence-corrected chi connectivity index (χ0v) is 24.2. The lowest BCUT2D eigenvalue weighted by Crippen LogP contribution is -2.58. The van der Waals surface area contributed by atoms with E-state index in [-0.39, 0.29) is 29.5 Å². The molecule has 2 aromatic carbocycles. The van der Waals surface area contributed by atoms with Crippen LogP contribution in [0.5, 0.6) is 5.75 Å². The van der Waals surface area contributed by atoms with Crippen LogP contribution in [0.3, 0.4) is 0 Å². The van der Waals surface area contributed by atoms with Crippen molar-refractivity contribution in [1.29, 1.82) is 0 Å². The summed E-state index contributed by atoms with van der Waals surface area (Å²) in [6.07, 6.45) is 6.34. The Labute approximate surface area is 241 Å². The molecule has 2 saturated heterocycles. The number of allylic oxidation sites excluding steroid dienone is 1. The van der Waals surface area contributed by atoms with Gasteiger partial charge in [0.15, 0.2) is 0 Å². The number of hydrogen-bond acceptors (Lipinski definition) is 5. The van der Waals surface area contributed by atoms with Gasteiger partial charge in [-0.1, -0.05) is 42.0 Å². The average molecular weight is 556 g/mol. The van der Waals surface area contributed by atoms with E-state index in [9.17, 15) is 9.18 Å². The Morgan fingerprint density at radius 2 is 1.71 bits per heavy atom. The molecule has 1 aliphatic carbocycles. The van der Waals surface area contributed by atoms with Crippen LogP contribution in [0.2, 0.25) is 0 Å². The minimum Gasteiger partial charge on any atom is -0.489 e. The van der Waals surface area contributed by atoms with E-state index in [0.29, 0.717) is 23.3 Å². The van der Waals surface area contributed by atoms with Crippen molar-refractivity contribution in [3.05, 3.63) is 101 Å². The van der Waals surface area contributed by atoms with Gasteiger partial charge in [0.05, 0.1) is 29.5 Å². The second-order valence-corrected chi connectivity index (χ2v) is 12.8. The number of carbonyl (C=O) groups is 1. The molecule has 2 atom stereocenters. The number of hydrogen-bond donors (Lipinski definition) is 1. The molecule has 214 valence electrons. The number of ether oxygens (including phenoxy) is 2. The molecule has 1 aromatic heterocycles. The van der Waals surface area contributed by atoms with Crippen LogP contribution in [0.25, 0.3) is 5.57 Å². The van der Waals surface area contributed by atoms with Crippen LogP contribution < -0.4 is 10.1 Å². The number of amides is 1. The molecule has 3 heterocycles. The third-order valence-electron chi connectivity index (χ3n) is 8.54. The first kappa shape index (κ1) is 27.6. The predicted molar refractivity (Wildman–Crippen MR) is 157 cm³/mol. The van der Waals surface area contributed by atoms with Gasteiger partial charge in [-0.25, -0.2) is 4.39 Å². The van der Waals surface area contributed by atoms with E-state index < -0.39 is 0 Å². The van der Waals surface area contributed by atoms with E-state index >= 15 is 0 Å². The Morgan fingerprint density at radius 3 is 2.32 bits per heavy atom. The fraction of sp³-hybridized carbons (Fsp3) is 0.412. The van der Waals surface area contributed by atoms with Gasteiger partial charge in [0.25, 0.3) is 5.91 Å². The first-order valence-electron chi connectivity index (χ1n) is 14.4. The maximum atomic E-state index is 13.7. The van der Waals surface area contributed by atoms with Crippen LogP contribution in [0.15, 0.2) is 72.6 Å². The first-order valence-corrected chi connectivity index (χ1v) is 14.4. The molecule has 1 spiro atoms. The number of rotatable bonds is 8. The number of likely N-dealkylation sites (tertiary alicyclic amines) is 1. The topological polar surface area (TPSA) is 63.7 Å². The zero-order chi connectivity index (χ0) is 28.8. The van der Waals surface area contributed by atoms with E-state index in [4.69, 9.17) is 9.47 Å².